The second-order valence-corrected chi connectivity index (χ2v) is 5.02. The molecule has 0 aromatic carbocycles. The zero-order valence-electron chi connectivity index (χ0n) is 11.8. The third-order valence-electron chi connectivity index (χ3n) is 2.43. The van der Waals surface area contributed by atoms with Gasteiger partial charge < -0.3 is 20.5 Å². The van der Waals surface area contributed by atoms with E-state index in [9.17, 15) is 9.90 Å². The number of hydrogen-bond donors (Lipinski definition) is 2. The van der Waals surface area contributed by atoms with E-state index in [1.165, 1.54) is 12.3 Å². The molecule has 0 aliphatic carbocycles. The first-order valence-corrected chi connectivity index (χ1v) is 6.10. The number of carbonyl (C=O) groups excluding carboxylic acids is 1. The summed E-state index contributed by atoms with van der Waals surface area (Å²) in [7, 11) is 1.77. The minimum atomic E-state index is -0.887. The number of hydrogen-bond acceptors (Lipinski definition) is 6. The first-order chi connectivity index (χ1) is 8.74. The summed E-state index contributed by atoms with van der Waals surface area (Å²) in [6, 6.07) is 1.48. The van der Waals surface area contributed by atoms with Crippen molar-refractivity contribution in [2.24, 2.45) is 0 Å². The van der Waals surface area contributed by atoms with Crippen molar-refractivity contribution in [3.8, 4) is 0 Å². The highest BCUT2D eigenvalue weighted by Gasteiger charge is 2.21. The lowest BCUT2D eigenvalue weighted by Crippen LogP contribution is -2.37. The highest BCUT2D eigenvalue weighted by molar-refractivity contribution is 5.96. The molecule has 0 bridgehead atoms. The molecule has 0 amide bonds. The fourth-order valence-corrected chi connectivity index (χ4v) is 1.81. The third kappa shape index (κ3) is 4.40. The Kier molecular flexibility index (Phi) is 4.72. The van der Waals surface area contributed by atoms with Gasteiger partial charge in [0.05, 0.1) is 29.7 Å². The number of nitrogens with zero attached hydrogens (tertiary/aromatic N) is 2. The molecule has 0 aliphatic rings. The molecular weight excluding hydrogens is 246 g/mol. The zero-order valence-corrected chi connectivity index (χ0v) is 11.8. The minimum Gasteiger partial charge on any atom is -0.462 e. The van der Waals surface area contributed by atoms with Crippen molar-refractivity contribution in [1.29, 1.82) is 0 Å². The summed E-state index contributed by atoms with van der Waals surface area (Å²) < 4.78 is 4.99. The fraction of sp³-hybridized carbons (Fsp3) is 0.538. The van der Waals surface area contributed by atoms with Crippen LogP contribution in [0.2, 0.25) is 0 Å². The van der Waals surface area contributed by atoms with E-state index in [0.29, 0.717) is 17.8 Å². The number of rotatable bonds is 5. The second kappa shape index (κ2) is 5.88. The Balaban J connectivity index is 3.09. The molecule has 6 nitrogen and oxygen atoms in total. The average Bonchev–Trinajstić information content (AvgIpc) is 2.26. The highest BCUT2D eigenvalue weighted by Crippen LogP contribution is 2.22. The van der Waals surface area contributed by atoms with Crippen LogP contribution in [0.5, 0.6) is 0 Å². The number of carbonyl (C=O) groups is 1. The predicted octanol–water partition coefficient (Wildman–Crippen LogP) is 1.05. The van der Waals surface area contributed by atoms with E-state index in [2.05, 4.69) is 4.98 Å². The van der Waals surface area contributed by atoms with Crippen LogP contribution in [0.4, 0.5) is 11.5 Å². The van der Waals surface area contributed by atoms with Gasteiger partial charge >= 0.3 is 5.97 Å². The van der Waals surface area contributed by atoms with Gasteiger partial charge in [-0.1, -0.05) is 0 Å². The van der Waals surface area contributed by atoms with Gasteiger partial charge in [-0.3, -0.25) is 0 Å². The molecule has 3 N–H and O–H groups in total. The van der Waals surface area contributed by atoms with Gasteiger partial charge in [-0.25, -0.2) is 9.78 Å². The number of likely N-dealkylation sites (N-methyl/N-ethyl adjacent to an activating group) is 1. The van der Waals surface area contributed by atoms with E-state index < -0.39 is 11.6 Å². The van der Waals surface area contributed by atoms with Gasteiger partial charge in [-0.15, -0.1) is 0 Å². The van der Waals surface area contributed by atoms with Crippen molar-refractivity contribution in [2.75, 3.05) is 30.8 Å². The van der Waals surface area contributed by atoms with E-state index in [0.717, 1.165) is 0 Å². The molecule has 0 atom stereocenters. The van der Waals surface area contributed by atoms with Crippen LogP contribution in [0.3, 0.4) is 0 Å². The molecule has 0 spiro atoms. The number of aromatic nitrogens is 1. The number of pyridine rings is 1. The maximum absolute atomic E-state index is 11.9. The largest absolute Gasteiger partial charge is 0.462 e. The lowest BCUT2D eigenvalue weighted by Gasteiger charge is -2.28. The van der Waals surface area contributed by atoms with Crippen molar-refractivity contribution < 1.29 is 14.6 Å². The molecule has 0 fully saturated rings. The number of aliphatic hydroxyl groups is 1. The summed E-state index contributed by atoms with van der Waals surface area (Å²) in [6.07, 6.45) is 1.51. The van der Waals surface area contributed by atoms with Gasteiger partial charge in [0.1, 0.15) is 5.82 Å². The van der Waals surface area contributed by atoms with Crippen LogP contribution >= 0.6 is 0 Å². The molecule has 0 radical (unpaired) electrons. The van der Waals surface area contributed by atoms with Crippen LogP contribution in [0.1, 0.15) is 31.1 Å². The summed E-state index contributed by atoms with van der Waals surface area (Å²) in [5, 5.41) is 9.83. The first kappa shape index (κ1) is 15.2. The van der Waals surface area contributed by atoms with E-state index in [-0.39, 0.29) is 12.4 Å². The molecular formula is C13H21N3O3. The number of nitrogen functional groups attached to an aromatic ring is 1. The molecule has 0 unspecified atom stereocenters. The molecule has 6 heteroatoms. The smallest absolute Gasteiger partial charge is 0.340 e. The van der Waals surface area contributed by atoms with Crippen molar-refractivity contribution in [3.63, 3.8) is 0 Å². The SMILES string of the molecule is CCOC(=O)c1cc(N)ncc1N(C)CC(C)(C)O. The van der Waals surface area contributed by atoms with Crippen molar-refractivity contribution in [2.45, 2.75) is 26.4 Å². The van der Waals surface area contributed by atoms with E-state index in [4.69, 9.17) is 10.5 Å². The lowest BCUT2D eigenvalue weighted by atomic mass is 10.1. The monoisotopic (exact) mass is 267 g/mol. The van der Waals surface area contributed by atoms with Crippen molar-refractivity contribution in [1.82, 2.24) is 4.98 Å². The summed E-state index contributed by atoms with van der Waals surface area (Å²) in [5.41, 5.74) is 5.64. The molecule has 0 saturated heterocycles. The average molecular weight is 267 g/mol. The first-order valence-electron chi connectivity index (χ1n) is 6.10. The molecule has 1 aromatic rings. The van der Waals surface area contributed by atoms with Crippen LogP contribution in [0.15, 0.2) is 12.3 Å². The predicted molar refractivity (Wildman–Crippen MR) is 74.2 cm³/mol. The normalized spacial score (nSPS) is 11.2. The summed E-state index contributed by atoms with van der Waals surface area (Å²) in [4.78, 5) is 17.6. The zero-order chi connectivity index (χ0) is 14.6. The van der Waals surface area contributed by atoms with Crippen LogP contribution in [-0.4, -0.2) is 41.9 Å². The Hall–Kier alpha value is -1.82. The quantitative estimate of drug-likeness (QED) is 0.775. The highest BCUT2D eigenvalue weighted by atomic mass is 16.5. The van der Waals surface area contributed by atoms with Gasteiger partial charge in [-0.05, 0) is 26.8 Å². The number of ether oxygens (including phenoxy) is 1. The molecule has 1 heterocycles. The van der Waals surface area contributed by atoms with Gasteiger partial charge in [0, 0.05) is 13.6 Å². The van der Waals surface area contributed by atoms with Crippen LogP contribution in [0, 0.1) is 0 Å². The van der Waals surface area contributed by atoms with Crippen molar-refractivity contribution in [3.05, 3.63) is 17.8 Å². The Morgan fingerprint density at radius 2 is 2.21 bits per heavy atom. The number of nitrogens with two attached hydrogens (primary N) is 1. The van der Waals surface area contributed by atoms with Crippen LogP contribution < -0.4 is 10.6 Å². The maximum atomic E-state index is 11.9. The van der Waals surface area contributed by atoms with Gasteiger partial charge in [-0.2, -0.15) is 0 Å². The number of esters is 1. The molecule has 1 aromatic heterocycles. The van der Waals surface area contributed by atoms with E-state index in [1.807, 2.05) is 0 Å². The summed E-state index contributed by atoms with van der Waals surface area (Å²) in [6.45, 7) is 5.76. The topological polar surface area (TPSA) is 88.7 Å². The Morgan fingerprint density at radius 3 is 2.74 bits per heavy atom. The fourth-order valence-electron chi connectivity index (χ4n) is 1.81. The molecule has 0 saturated carbocycles. The number of anilines is 2. The maximum Gasteiger partial charge on any atom is 0.340 e. The van der Waals surface area contributed by atoms with Crippen LogP contribution in [0.25, 0.3) is 0 Å². The molecule has 0 aliphatic heterocycles. The lowest BCUT2D eigenvalue weighted by molar-refractivity contribution is 0.0525. The molecule has 106 valence electrons. The molecule has 19 heavy (non-hydrogen) atoms. The standard InChI is InChI=1S/C13H21N3O3/c1-5-19-12(17)9-6-11(14)15-7-10(9)16(4)8-13(2,3)18/h6-7,18H,5,8H2,1-4H3,(H2,14,15). The summed E-state index contributed by atoms with van der Waals surface area (Å²) in [5.74, 6) is -0.197. The Morgan fingerprint density at radius 1 is 1.58 bits per heavy atom. The van der Waals surface area contributed by atoms with E-state index >= 15 is 0 Å². The minimum absolute atomic E-state index is 0.253. The summed E-state index contributed by atoms with van der Waals surface area (Å²) >= 11 is 0. The Labute approximate surface area is 113 Å². The van der Waals surface area contributed by atoms with E-state index in [1.54, 1.807) is 32.7 Å². The second-order valence-electron chi connectivity index (χ2n) is 5.02. The van der Waals surface area contributed by atoms with Crippen LogP contribution in [-0.2, 0) is 4.74 Å². The van der Waals surface area contributed by atoms with Crippen molar-refractivity contribution >= 4 is 17.5 Å². The molecule has 1 rings (SSSR count). The van der Waals surface area contributed by atoms with Gasteiger partial charge in [0.2, 0.25) is 0 Å². The third-order valence-corrected chi connectivity index (χ3v) is 2.43. The Bertz CT molecular complexity index is 455. The van der Waals surface area contributed by atoms with Gasteiger partial charge in [0.15, 0.2) is 0 Å². The van der Waals surface area contributed by atoms with Gasteiger partial charge in [0.25, 0.3) is 0 Å².